The van der Waals surface area contributed by atoms with Crippen LogP contribution in [0.5, 0.6) is 0 Å². The second-order valence-corrected chi connectivity index (χ2v) is 4.96. The van der Waals surface area contributed by atoms with E-state index < -0.39 is 11.9 Å². The third-order valence-corrected chi connectivity index (χ3v) is 2.65. The Morgan fingerprint density at radius 3 is 2.47 bits per heavy atom. The molecule has 0 aromatic carbocycles. The number of amides is 2. The average Bonchev–Trinajstić information content (AvgIpc) is 2.33. The first-order valence-corrected chi connectivity index (χ1v) is 6.65. The number of aliphatic carboxylic acids is 1. The molecule has 19 heavy (non-hydrogen) atoms. The Morgan fingerprint density at radius 1 is 1.26 bits per heavy atom. The Kier molecular flexibility index (Phi) is 9.33. The zero-order valence-electron chi connectivity index (χ0n) is 11.7. The first-order chi connectivity index (χ1) is 8.97. The smallest absolute Gasteiger partial charge is 0.314 e. The molecular formula is C14H24N2O3. The van der Waals surface area contributed by atoms with Gasteiger partial charge in [0.15, 0.2) is 0 Å². The summed E-state index contributed by atoms with van der Waals surface area (Å²) in [7, 11) is 0. The third-order valence-electron chi connectivity index (χ3n) is 2.65. The van der Waals surface area contributed by atoms with Crippen LogP contribution in [0, 0.1) is 24.2 Å². The molecule has 0 saturated carbocycles. The van der Waals surface area contributed by atoms with E-state index in [9.17, 15) is 9.59 Å². The summed E-state index contributed by atoms with van der Waals surface area (Å²) < 4.78 is 0. The molecule has 5 nitrogen and oxygen atoms in total. The SMILES string of the molecule is C#CCCCCNC(=O)NCC(CC(C)C)C(=O)O. The van der Waals surface area contributed by atoms with Crippen molar-refractivity contribution in [3.63, 3.8) is 0 Å². The maximum atomic E-state index is 11.4. The number of rotatable bonds is 9. The van der Waals surface area contributed by atoms with Crippen molar-refractivity contribution in [2.24, 2.45) is 11.8 Å². The molecule has 3 N–H and O–H groups in total. The summed E-state index contributed by atoms with van der Waals surface area (Å²) in [6.45, 7) is 4.63. The Hall–Kier alpha value is -1.70. The van der Waals surface area contributed by atoms with Crippen LogP contribution in [-0.4, -0.2) is 30.2 Å². The highest BCUT2D eigenvalue weighted by Crippen LogP contribution is 2.10. The molecule has 0 aliphatic rings. The van der Waals surface area contributed by atoms with Crippen molar-refractivity contribution < 1.29 is 14.7 Å². The first-order valence-electron chi connectivity index (χ1n) is 6.65. The maximum Gasteiger partial charge on any atom is 0.314 e. The quantitative estimate of drug-likeness (QED) is 0.441. The van der Waals surface area contributed by atoms with Crippen LogP contribution >= 0.6 is 0 Å². The topological polar surface area (TPSA) is 78.4 Å². The van der Waals surface area contributed by atoms with Gasteiger partial charge in [0.05, 0.1) is 5.92 Å². The molecule has 0 radical (unpaired) electrons. The summed E-state index contributed by atoms with van der Waals surface area (Å²) in [5, 5.41) is 14.3. The number of hydrogen-bond acceptors (Lipinski definition) is 2. The minimum absolute atomic E-state index is 0.156. The number of carboxylic acid groups (broad SMARTS) is 1. The normalized spacial score (nSPS) is 11.7. The van der Waals surface area contributed by atoms with Gasteiger partial charge in [-0.25, -0.2) is 4.79 Å². The van der Waals surface area contributed by atoms with Gasteiger partial charge in [-0.05, 0) is 25.2 Å². The fourth-order valence-corrected chi connectivity index (χ4v) is 1.67. The third kappa shape index (κ3) is 9.95. The summed E-state index contributed by atoms with van der Waals surface area (Å²) in [6, 6.07) is -0.323. The van der Waals surface area contributed by atoms with Gasteiger partial charge in [0.25, 0.3) is 0 Å². The van der Waals surface area contributed by atoms with Gasteiger partial charge in [-0.3, -0.25) is 4.79 Å². The van der Waals surface area contributed by atoms with Crippen LogP contribution < -0.4 is 10.6 Å². The molecule has 0 aromatic heterocycles. The lowest BCUT2D eigenvalue weighted by atomic mass is 9.97. The van der Waals surface area contributed by atoms with Crippen LogP contribution in [0.4, 0.5) is 4.79 Å². The fourth-order valence-electron chi connectivity index (χ4n) is 1.67. The molecule has 108 valence electrons. The zero-order valence-corrected chi connectivity index (χ0v) is 11.7. The number of carbonyl (C=O) groups is 2. The summed E-state index contributed by atoms with van der Waals surface area (Å²) in [5.74, 6) is 1.41. The molecule has 1 unspecified atom stereocenters. The van der Waals surface area contributed by atoms with Gasteiger partial charge >= 0.3 is 12.0 Å². The van der Waals surface area contributed by atoms with Gasteiger partial charge in [0.2, 0.25) is 0 Å². The number of unbranched alkanes of at least 4 members (excludes halogenated alkanes) is 2. The van der Waals surface area contributed by atoms with Crippen LogP contribution in [0.3, 0.4) is 0 Å². The minimum Gasteiger partial charge on any atom is -0.481 e. The Labute approximate surface area is 115 Å². The van der Waals surface area contributed by atoms with E-state index in [4.69, 9.17) is 11.5 Å². The fraction of sp³-hybridized carbons (Fsp3) is 0.714. The lowest BCUT2D eigenvalue weighted by Crippen LogP contribution is -2.40. The van der Waals surface area contributed by atoms with Gasteiger partial charge in [0, 0.05) is 19.5 Å². The standard InChI is InChI=1S/C14H24N2O3/c1-4-5-6-7-8-15-14(19)16-10-12(13(17)18)9-11(2)3/h1,11-12H,5-10H2,2-3H3,(H,17,18)(H2,15,16,19). The predicted molar refractivity (Wildman–Crippen MR) is 74.7 cm³/mol. The molecule has 0 aromatic rings. The summed E-state index contributed by atoms with van der Waals surface area (Å²) in [4.78, 5) is 22.4. The van der Waals surface area contributed by atoms with Gasteiger partial charge in [-0.15, -0.1) is 12.3 Å². The molecule has 0 bridgehead atoms. The van der Waals surface area contributed by atoms with Crippen molar-refractivity contribution in [3.05, 3.63) is 0 Å². The van der Waals surface area contributed by atoms with E-state index in [1.54, 1.807) is 0 Å². The van der Waals surface area contributed by atoms with E-state index in [2.05, 4.69) is 16.6 Å². The van der Waals surface area contributed by atoms with Crippen LogP contribution in [0.2, 0.25) is 0 Å². The second-order valence-electron chi connectivity index (χ2n) is 4.96. The molecular weight excluding hydrogens is 244 g/mol. The molecule has 5 heteroatoms. The Morgan fingerprint density at radius 2 is 1.95 bits per heavy atom. The molecule has 0 aliphatic heterocycles. The highest BCUT2D eigenvalue weighted by Gasteiger charge is 2.19. The predicted octanol–water partition coefficient (Wildman–Crippen LogP) is 1.84. The summed E-state index contributed by atoms with van der Waals surface area (Å²) in [5.41, 5.74) is 0. The molecule has 0 spiro atoms. The number of carbonyl (C=O) groups excluding carboxylic acids is 1. The number of urea groups is 1. The molecule has 2 amide bonds. The van der Waals surface area contributed by atoms with E-state index in [-0.39, 0.29) is 18.5 Å². The highest BCUT2D eigenvalue weighted by atomic mass is 16.4. The molecule has 0 rings (SSSR count). The zero-order chi connectivity index (χ0) is 14.7. The van der Waals surface area contributed by atoms with E-state index in [1.165, 1.54) is 0 Å². The number of carboxylic acids is 1. The van der Waals surface area contributed by atoms with Crippen molar-refractivity contribution in [3.8, 4) is 12.3 Å². The van der Waals surface area contributed by atoms with Gasteiger partial charge in [-0.2, -0.15) is 0 Å². The van der Waals surface area contributed by atoms with E-state index in [0.717, 1.165) is 12.8 Å². The maximum absolute atomic E-state index is 11.4. The van der Waals surface area contributed by atoms with Crippen molar-refractivity contribution in [1.82, 2.24) is 10.6 Å². The van der Waals surface area contributed by atoms with Crippen LogP contribution in [0.1, 0.15) is 39.5 Å². The Bertz CT molecular complexity index is 321. The minimum atomic E-state index is -0.872. The van der Waals surface area contributed by atoms with Crippen molar-refractivity contribution in [2.75, 3.05) is 13.1 Å². The second kappa shape index (κ2) is 10.2. The van der Waals surface area contributed by atoms with Gasteiger partial charge in [-0.1, -0.05) is 13.8 Å². The lowest BCUT2D eigenvalue weighted by Gasteiger charge is -2.15. The van der Waals surface area contributed by atoms with Gasteiger partial charge < -0.3 is 15.7 Å². The van der Waals surface area contributed by atoms with E-state index in [0.29, 0.717) is 19.4 Å². The average molecular weight is 268 g/mol. The summed E-state index contributed by atoms with van der Waals surface area (Å²) in [6.07, 6.45) is 8.08. The molecule has 0 fully saturated rings. The van der Waals surface area contributed by atoms with E-state index >= 15 is 0 Å². The van der Waals surface area contributed by atoms with Crippen LogP contribution in [-0.2, 0) is 4.79 Å². The summed E-state index contributed by atoms with van der Waals surface area (Å²) >= 11 is 0. The van der Waals surface area contributed by atoms with E-state index in [1.807, 2.05) is 13.8 Å². The highest BCUT2D eigenvalue weighted by molar-refractivity contribution is 5.75. The number of terminal acetylenes is 1. The van der Waals surface area contributed by atoms with Crippen molar-refractivity contribution in [1.29, 1.82) is 0 Å². The first kappa shape index (κ1) is 17.3. The van der Waals surface area contributed by atoms with Gasteiger partial charge in [0.1, 0.15) is 0 Å². The van der Waals surface area contributed by atoms with Crippen LogP contribution in [0.25, 0.3) is 0 Å². The number of nitrogens with one attached hydrogen (secondary N) is 2. The number of hydrogen-bond donors (Lipinski definition) is 3. The monoisotopic (exact) mass is 268 g/mol. The molecule has 0 saturated heterocycles. The van der Waals surface area contributed by atoms with Crippen molar-refractivity contribution in [2.45, 2.75) is 39.5 Å². The molecule has 1 atom stereocenters. The largest absolute Gasteiger partial charge is 0.481 e. The molecule has 0 aliphatic carbocycles. The molecule has 0 heterocycles. The lowest BCUT2D eigenvalue weighted by molar-refractivity contribution is -0.142. The Balaban J connectivity index is 3.80. The van der Waals surface area contributed by atoms with Crippen LogP contribution in [0.15, 0.2) is 0 Å². The van der Waals surface area contributed by atoms with Crippen molar-refractivity contribution >= 4 is 12.0 Å².